The number of benzene rings is 2. The molecule has 2 aromatic heterocycles. The number of aromatic nitrogens is 6. The molecule has 0 atom stereocenters. The van der Waals surface area contributed by atoms with Crippen LogP contribution in [0.1, 0.15) is 11.5 Å². The number of nitrogens with zero attached hydrogens (tertiary/aromatic N) is 6. The molecular weight excluding hydrogens is 364 g/mol. The Morgan fingerprint density at radius 3 is 2.81 bits per heavy atom. The lowest BCUT2D eigenvalue weighted by atomic mass is 10.2. The molecule has 2 aromatic carbocycles. The molecule has 0 unspecified atom stereocenters. The summed E-state index contributed by atoms with van der Waals surface area (Å²) in [5, 5.41) is 16.6. The fourth-order valence-corrected chi connectivity index (χ4v) is 3.16. The number of rotatable bonds is 6. The van der Waals surface area contributed by atoms with Crippen molar-refractivity contribution >= 4 is 11.8 Å². The molecule has 0 N–H and O–H groups in total. The summed E-state index contributed by atoms with van der Waals surface area (Å²) in [4.78, 5) is 4.44. The van der Waals surface area contributed by atoms with E-state index >= 15 is 0 Å². The van der Waals surface area contributed by atoms with Crippen molar-refractivity contribution < 1.29 is 9.26 Å². The minimum atomic E-state index is 0.462. The Morgan fingerprint density at radius 2 is 2.00 bits per heavy atom. The number of methoxy groups -OCH3 is 1. The summed E-state index contributed by atoms with van der Waals surface area (Å²) in [6.07, 6.45) is 0. The van der Waals surface area contributed by atoms with Gasteiger partial charge in [-0.15, -0.1) is 5.10 Å². The minimum absolute atomic E-state index is 0.462. The number of tetrazole rings is 1. The normalized spacial score (nSPS) is 10.9. The van der Waals surface area contributed by atoms with Gasteiger partial charge in [0.2, 0.25) is 16.9 Å². The molecule has 0 saturated carbocycles. The molecule has 0 aliphatic carbocycles. The van der Waals surface area contributed by atoms with E-state index in [1.165, 1.54) is 17.3 Å². The van der Waals surface area contributed by atoms with E-state index in [1.807, 2.05) is 55.5 Å². The second kappa shape index (κ2) is 7.58. The van der Waals surface area contributed by atoms with Crippen LogP contribution in [0.3, 0.4) is 0 Å². The summed E-state index contributed by atoms with van der Waals surface area (Å²) in [5.74, 6) is 2.22. The summed E-state index contributed by atoms with van der Waals surface area (Å²) >= 11 is 1.43. The molecule has 27 heavy (non-hydrogen) atoms. The summed E-state index contributed by atoms with van der Waals surface area (Å²) in [5.41, 5.74) is 2.91. The third-order valence-corrected chi connectivity index (χ3v) is 4.74. The molecule has 0 radical (unpaired) electrons. The first-order valence-electron chi connectivity index (χ1n) is 8.18. The highest BCUT2D eigenvalue weighted by Gasteiger charge is 2.13. The van der Waals surface area contributed by atoms with Crippen LogP contribution in [0.4, 0.5) is 0 Å². The Kier molecular flexibility index (Phi) is 4.84. The van der Waals surface area contributed by atoms with E-state index in [9.17, 15) is 0 Å². The van der Waals surface area contributed by atoms with Crippen molar-refractivity contribution in [1.29, 1.82) is 0 Å². The van der Waals surface area contributed by atoms with Crippen molar-refractivity contribution in [2.75, 3.05) is 7.11 Å². The highest BCUT2D eigenvalue weighted by Crippen LogP contribution is 2.25. The van der Waals surface area contributed by atoms with Gasteiger partial charge in [0.05, 0.1) is 18.6 Å². The molecule has 0 bridgehead atoms. The van der Waals surface area contributed by atoms with Gasteiger partial charge in [-0.3, -0.25) is 0 Å². The SMILES string of the molecule is COc1cccc(-c2noc(CSc3nnnn3-c3ccc(C)cc3)n2)c1. The molecule has 0 spiro atoms. The van der Waals surface area contributed by atoms with Gasteiger partial charge in [-0.25, -0.2) is 0 Å². The molecule has 0 aliphatic rings. The number of ether oxygens (including phenoxy) is 1. The van der Waals surface area contributed by atoms with Crippen LogP contribution in [-0.2, 0) is 5.75 Å². The summed E-state index contributed by atoms with van der Waals surface area (Å²) in [7, 11) is 1.62. The van der Waals surface area contributed by atoms with Gasteiger partial charge in [0, 0.05) is 5.56 Å². The van der Waals surface area contributed by atoms with Gasteiger partial charge in [0.1, 0.15) is 5.75 Å². The Balaban J connectivity index is 1.48. The minimum Gasteiger partial charge on any atom is -0.497 e. The zero-order valence-electron chi connectivity index (χ0n) is 14.7. The Bertz CT molecular complexity index is 1040. The highest BCUT2D eigenvalue weighted by molar-refractivity contribution is 7.98. The number of thioether (sulfide) groups is 1. The molecule has 8 nitrogen and oxygen atoms in total. The van der Waals surface area contributed by atoms with Crippen LogP contribution >= 0.6 is 11.8 Å². The van der Waals surface area contributed by atoms with E-state index in [1.54, 1.807) is 11.8 Å². The quantitative estimate of drug-likeness (QED) is 0.470. The molecule has 0 amide bonds. The van der Waals surface area contributed by atoms with Gasteiger partial charge in [0.15, 0.2) is 0 Å². The van der Waals surface area contributed by atoms with Crippen molar-refractivity contribution in [1.82, 2.24) is 30.3 Å². The Morgan fingerprint density at radius 1 is 1.15 bits per heavy atom. The zero-order chi connectivity index (χ0) is 18.6. The summed E-state index contributed by atoms with van der Waals surface area (Å²) < 4.78 is 12.3. The number of aryl methyl sites for hydroxylation is 1. The molecule has 0 aliphatic heterocycles. The molecule has 4 rings (SSSR count). The second-order valence-corrected chi connectivity index (χ2v) is 6.68. The maximum absolute atomic E-state index is 5.35. The molecule has 2 heterocycles. The third kappa shape index (κ3) is 3.82. The average molecular weight is 380 g/mol. The molecule has 9 heteroatoms. The average Bonchev–Trinajstić information content (AvgIpc) is 3.36. The Hall–Kier alpha value is -3.20. The molecule has 4 aromatic rings. The van der Waals surface area contributed by atoms with Crippen molar-refractivity contribution in [3.8, 4) is 22.8 Å². The zero-order valence-corrected chi connectivity index (χ0v) is 15.6. The first-order chi connectivity index (χ1) is 13.2. The number of hydrogen-bond acceptors (Lipinski definition) is 8. The van der Waals surface area contributed by atoms with Crippen LogP contribution in [-0.4, -0.2) is 37.5 Å². The lowest BCUT2D eigenvalue weighted by Crippen LogP contribution is -1.99. The number of hydrogen-bond donors (Lipinski definition) is 0. The maximum atomic E-state index is 5.35. The maximum Gasteiger partial charge on any atom is 0.237 e. The smallest absolute Gasteiger partial charge is 0.237 e. The van der Waals surface area contributed by atoms with Gasteiger partial charge >= 0.3 is 0 Å². The van der Waals surface area contributed by atoms with E-state index in [4.69, 9.17) is 9.26 Å². The predicted octanol–water partition coefficient (Wildman–Crippen LogP) is 3.32. The summed E-state index contributed by atoms with van der Waals surface area (Å²) in [6.45, 7) is 2.04. The fraction of sp³-hybridized carbons (Fsp3) is 0.167. The third-order valence-electron chi connectivity index (χ3n) is 3.84. The van der Waals surface area contributed by atoms with Crippen LogP contribution in [0.15, 0.2) is 58.2 Å². The van der Waals surface area contributed by atoms with E-state index in [2.05, 4.69) is 25.7 Å². The van der Waals surface area contributed by atoms with Crippen LogP contribution in [0.25, 0.3) is 17.1 Å². The van der Waals surface area contributed by atoms with Crippen molar-refractivity contribution in [2.24, 2.45) is 0 Å². The van der Waals surface area contributed by atoms with E-state index < -0.39 is 0 Å². The molecule has 0 fully saturated rings. The van der Waals surface area contributed by atoms with Crippen LogP contribution in [0, 0.1) is 6.92 Å². The van der Waals surface area contributed by atoms with Crippen molar-refractivity contribution in [3.05, 3.63) is 60.0 Å². The van der Waals surface area contributed by atoms with E-state index in [0.29, 0.717) is 22.6 Å². The van der Waals surface area contributed by atoms with E-state index in [0.717, 1.165) is 17.0 Å². The van der Waals surface area contributed by atoms with Gasteiger partial charge < -0.3 is 9.26 Å². The van der Waals surface area contributed by atoms with Gasteiger partial charge in [-0.2, -0.15) is 9.67 Å². The van der Waals surface area contributed by atoms with Gasteiger partial charge in [0.25, 0.3) is 0 Å². The molecule has 0 saturated heterocycles. The summed E-state index contributed by atoms with van der Waals surface area (Å²) in [6, 6.07) is 15.5. The first-order valence-corrected chi connectivity index (χ1v) is 9.17. The van der Waals surface area contributed by atoms with Crippen LogP contribution < -0.4 is 4.74 Å². The van der Waals surface area contributed by atoms with E-state index in [-0.39, 0.29) is 0 Å². The van der Waals surface area contributed by atoms with Gasteiger partial charge in [-0.05, 0) is 41.6 Å². The monoisotopic (exact) mass is 380 g/mol. The molecule has 136 valence electrons. The molecular formula is C18H16N6O2S. The second-order valence-electron chi connectivity index (χ2n) is 5.74. The first kappa shape index (κ1) is 17.2. The van der Waals surface area contributed by atoms with Crippen molar-refractivity contribution in [2.45, 2.75) is 17.8 Å². The largest absolute Gasteiger partial charge is 0.497 e. The fourth-order valence-electron chi connectivity index (χ4n) is 2.44. The lowest BCUT2D eigenvalue weighted by molar-refractivity contribution is 0.391. The highest BCUT2D eigenvalue weighted by atomic mass is 32.2. The van der Waals surface area contributed by atoms with Gasteiger partial charge in [-0.1, -0.05) is 46.7 Å². The van der Waals surface area contributed by atoms with Crippen LogP contribution in [0.2, 0.25) is 0 Å². The van der Waals surface area contributed by atoms with Crippen LogP contribution in [0.5, 0.6) is 5.75 Å². The lowest BCUT2D eigenvalue weighted by Gasteiger charge is -2.03. The predicted molar refractivity (Wildman–Crippen MR) is 99.7 cm³/mol. The van der Waals surface area contributed by atoms with Crippen molar-refractivity contribution in [3.63, 3.8) is 0 Å². The topological polar surface area (TPSA) is 91.8 Å². The Labute approximate surface area is 159 Å². The standard InChI is InChI=1S/C18H16N6O2S/c1-12-6-8-14(9-7-12)24-18(20-22-23-24)27-11-16-19-17(21-26-16)13-4-3-5-15(10-13)25-2/h3-10H,11H2,1-2H3.